The monoisotopic (exact) mass is 349 g/mol. The van der Waals surface area contributed by atoms with Gasteiger partial charge in [-0.25, -0.2) is 0 Å². The minimum absolute atomic E-state index is 0.0159. The van der Waals surface area contributed by atoms with Crippen LogP contribution in [0, 0.1) is 5.92 Å². The Labute approximate surface area is 155 Å². The molecule has 1 spiro atoms. The second-order valence-corrected chi connectivity index (χ2v) is 8.16. The lowest BCUT2D eigenvalue weighted by Crippen LogP contribution is -2.38. The molecule has 26 heavy (non-hydrogen) atoms. The van der Waals surface area contributed by atoms with E-state index in [-0.39, 0.29) is 11.3 Å². The van der Waals surface area contributed by atoms with E-state index < -0.39 is 0 Å². The summed E-state index contributed by atoms with van der Waals surface area (Å²) in [5.74, 6) is 0.693. The lowest BCUT2D eigenvalue weighted by Gasteiger charge is -2.26. The van der Waals surface area contributed by atoms with Crippen LogP contribution >= 0.6 is 0 Å². The van der Waals surface area contributed by atoms with Gasteiger partial charge in [-0.05, 0) is 30.0 Å². The molecule has 3 heterocycles. The maximum atomic E-state index is 12.6. The number of aromatic nitrogens is 1. The third-order valence-corrected chi connectivity index (χ3v) is 5.63. The van der Waals surface area contributed by atoms with Gasteiger partial charge in [0.2, 0.25) is 5.91 Å². The molecule has 2 aromatic rings. The number of carbonyl (C=O) groups is 1. The van der Waals surface area contributed by atoms with Crippen molar-refractivity contribution in [1.82, 2.24) is 9.88 Å². The van der Waals surface area contributed by atoms with E-state index in [4.69, 9.17) is 4.98 Å². The van der Waals surface area contributed by atoms with Crippen LogP contribution in [0.2, 0.25) is 0 Å². The highest BCUT2D eigenvalue weighted by Gasteiger charge is 2.49. The van der Waals surface area contributed by atoms with Gasteiger partial charge in [-0.15, -0.1) is 0 Å². The minimum atomic E-state index is -0.0159. The van der Waals surface area contributed by atoms with Gasteiger partial charge in [0.15, 0.2) is 0 Å². The van der Waals surface area contributed by atoms with Crippen molar-refractivity contribution >= 4 is 11.6 Å². The second-order valence-electron chi connectivity index (χ2n) is 8.16. The summed E-state index contributed by atoms with van der Waals surface area (Å²) in [5.41, 5.74) is 3.70. The summed E-state index contributed by atoms with van der Waals surface area (Å²) >= 11 is 0. The molecule has 1 atom stereocenters. The third-order valence-electron chi connectivity index (χ3n) is 5.63. The highest BCUT2D eigenvalue weighted by atomic mass is 16.2. The summed E-state index contributed by atoms with van der Waals surface area (Å²) in [6.45, 7) is 7.70. The van der Waals surface area contributed by atoms with E-state index in [1.54, 1.807) is 0 Å². The van der Waals surface area contributed by atoms with E-state index in [1.165, 1.54) is 16.9 Å². The van der Waals surface area contributed by atoms with Gasteiger partial charge >= 0.3 is 0 Å². The Hall–Kier alpha value is -2.36. The molecule has 2 aliphatic rings. The topological polar surface area (TPSA) is 36.4 Å². The quantitative estimate of drug-likeness (QED) is 0.846. The van der Waals surface area contributed by atoms with Gasteiger partial charge in [0.1, 0.15) is 0 Å². The number of carbonyl (C=O) groups excluding carboxylic acids is 1. The summed E-state index contributed by atoms with van der Waals surface area (Å²) in [5, 5.41) is 0. The lowest BCUT2D eigenvalue weighted by atomic mass is 9.85. The normalized spacial score (nSPS) is 21.7. The van der Waals surface area contributed by atoms with Crippen molar-refractivity contribution < 1.29 is 4.79 Å². The van der Waals surface area contributed by atoms with Crippen LogP contribution in [0.25, 0.3) is 0 Å². The highest BCUT2D eigenvalue weighted by Crippen LogP contribution is 2.45. The van der Waals surface area contributed by atoms with Crippen molar-refractivity contribution in [1.29, 1.82) is 0 Å². The molecular weight excluding hydrogens is 322 g/mol. The zero-order valence-electron chi connectivity index (χ0n) is 15.7. The minimum Gasteiger partial charge on any atom is -0.365 e. The van der Waals surface area contributed by atoms with E-state index in [2.05, 4.69) is 60.0 Å². The molecule has 1 saturated heterocycles. The van der Waals surface area contributed by atoms with Gasteiger partial charge in [0, 0.05) is 38.8 Å². The van der Waals surface area contributed by atoms with Crippen LogP contribution in [-0.2, 0) is 16.8 Å². The van der Waals surface area contributed by atoms with Crippen molar-refractivity contribution in [3.05, 3.63) is 59.9 Å². The number of likely N-dealkylation sites (tertiary alicyclic amines) is 1. The van der Waals surface area contributed by atoms with Crippen LogP contribution in [0.3, 0.4) is 0 Å². The molecule has 1 aromatic carbocycles. The average molecular weight is 349 g/mol. The van der Waals surface area contributed by atoms with Crippen LogP contribution < -0.4 is 4.90 Å². The molecule has 4 rings (SSSR count). The fraction of sp³-hybridized carbons (Fsp3) is 0.455. The Morgan fingerprint density at radius 2 is 1.96 bits per heavy atom. The number of anilines is 1. The van der Waals surface area contributed by atoms with Crippen LogP contribution in [0.15, 0.2) is 48.7 Å². The molecule has 4 nitrogen and oxygen atoms in total. The van der Waals surface area contributed by atoms with Crippen molar-refractivity contribution in [2.45, 2.75) is 38.6 Å². The first kappa shape index (κ1) is 17.1. The largest absolute Gasteiger partial charge is 0.365 e. The van der Waals surface area contributed by atoms with E-state index in [0.717, 1.165) is 32.6 Å². The van der Waals surface area contributed by atoms with Crippen LogP contribution in [0.5, 0.6) is 0 Å². The first-order valence-corrected chi connectivity index (χ1v) is 9.59. The SMILES string of the molecule is CC(C)CC(=O)N1CC[C@]2(C1)CN(Cc1ccccc1)c1cccnc12. The zero-order valence-corrected chi connectivity index (χ0v) is 15.7. The van der Waals surface area contributed by atoms with Crippen molar-refractivity contribution in [2.75, 3.05) is 24.5 Å². The number of nitrogens with zero attached hydrogens (tertiary/aromatic N) is 3. The number of fused-ring (bicyclic) bond motifs is 2. The Balaban J connectivity index is 1.58. The molecule has 0 saturated carbocycles. The molecule has 1 amide bonds. The molecule has 0 aliphatic carbocycles. The number of benzene rings is 1. The Bertz CT molecular complexity index is 789. The number of pyridine rings is 1. The van der Waals surface area contributed by atoms with E-state index >= 15 is 0 Å². The predicted octanol–water partition coefficient (Wildman–Crippen LogP) is 3.62. The molecule has 136 valence electrons. The molecule has 2 aliphatic heterocycles. The van der Waals surface area contributed by atoms with E-state index in [0.29, 0.717) is 12.3 Å². The van der Waals surface area contributed by atoms with Crippen LogP contribution in [0.4, 0.5) is 5.69 Å². The summed E-state index contributed by atoms with van der Waals surface area (Å²) < 4.78 is 0. The summed E-state index contributed by atoms with van der Waals surface area (Å²) in [6.07, 6.45) is 3.54. The first-order valence-electron chi connectivity index (χ1n) is 9.59. The molecule has 4 heteroatoms. The molecule has 1 fully saturated rings. The number of hydrogen-bond acceptors (Lipinski definition) is 3. The van der Waals surface area contributed by atoms with Gasteiger partial charge < -0.3 is 9.80 Å². The van der Waals surface area contributed by atoms with Crippen LogP contribution in [0.1, 0.15) is 37.9 Å². The standard InChI is InChI=1S/C22H27N3O/c1-17(2)13-20(26)24-12-10-22(15-24)16-25(14-18-7-4-3-5-8-18)19-9-6-11-23-21(19)22/h3-9,11,17H,10,12-16H2,1-2H3/t22-/m0/s1. The van der Waals surface area contributed by atoms with Crippen LogP contribution in [-0.4, -0.2) is 35.4 Å². The fourth-order valence-electron chi connectivity index (χ4n) is 4.42. The first-order chi connectivity index (χ1) is 12.6. The van der Waals surface area contributed by atoms with E-state index in [1.807, 2.05) is 12.3 Å². The van der Waals surface area contributed by atoms with Crippen molar-refractivity contribution in [2.24, 2.45) is 5.92 Å². The average Bonchev–Trinajstić information content (AvgIpc) is 3.19. The molecule has 0 bridgehead atoms. The Kier molecular flexibility index (Phi) is 4.43. The van der Waals surface area contributed by atoms with Gasteiger partial charge in [-0.2, -0.15) is 0 Å². The van der Waals surface area contributed by atoms with Gasteiger partial charge in [-0.1, -0.05) is 44.2 Å². The zero-order chi connectivity index (χ0) is 18.1. The third kappa shape index (κ3) is 3.09. The fourth-order valence-corrected chi connectivity index (χ4v) is 4.42. The molecule has 0 unspecified atom stereocenters. The number of hydrogen-bond donors (Lipinski definition) is 0. The highest BCUT2D eigenvalue weighted by molar-refractivity contribution is 5.77. The molecule has 0 N–H and O–H groups in total. The molecular formula is C22H27N3O. The number of amides is 1. The summed E-state index contributed by atoms with van der Waals surface area (Å²) in [6, 6.07) is 14.8. The van der Waals surface area contributed by atoms with Gasteiger partial charge in [0.25, 0.3) is 0 Å². The maximum absolute atomic E-state index is 12.6. The van der Waals surface area contributed by atoms with Gasteiger partial charge in [0.05, 0.1) is 16.8 Å². The Morgan fingerprint density at radius 1 is 1.15 bits per heavy atom. The second kappa shape index (κ2) is 6.75. The maximum Gasteiger partial charge on any atom is 0.222 e. The van der Waals surface area contributed by atoms with Gasteiger partial charge in [-0.3, -0.25) is 9.78 Å². The summed E-state index contributed by atoms with van der Waals surface area (Å²) in [7, 11) is 0. The molecule has 1 aromatic heterocycles. The smallest absolute Gasteiger partial charge is 0.222 e. The number of rotatable bonds is 4. The van der Waals surface area contributed by atoms with Crippen molar-refractivity contribution in [3.8, 4) is 0 Å². The van der Waals surface area contributed by atoms with Crippen molar-refractivity contribution in [3.63, 3.8) is 0 Å². The lowest BCUT2D eigenvalue weighted by molar-refractivity contribution is -0.131. The molecule has 0 radical (unpaired) electrons. The Morgan fingerprint density at radius 3 is 2.73 bits per heavy atom. The predicted molar refractivity (Wildman–Crippen MR) is 104 cm³/mol. The summed E-state index contributed by atoms with van der Waals surface area (Å²) in [4.78, 5) is 21.8. The van der Waals surface area contributed by atoms with E-state index in [9.17, 15) is 4.79 Å².